The molecule has 7 heteroatoms. The van der Waals surface area contributed by atoms with Gasteiger partial charge in [-0.15, -0.1) is 0 Å². The Bertz CT molecular complexity index is 724. The van der Waals surface area contributed by atoms with Crippen molar-refractivity contribution in [3.63, 3.8) is 0 Å². The molecule has 0 bridgehead atoms. The first-order valence-corrected chi connectivity index (χ1v) is 8.38. The smallest absolute Gasteiger partial charge is 0.344 e. The highest BCUT2D eigenvalue weighted by atomic mass is 79.9. The minimum atomic E-state index is -0.750. The predicted molar refractivity (Wildman–Crippen MR) is 93.7 cm³/mol. The van der Waals surface area contributed by atoms with Gasteiger partial charge >= 0.3 is 5.97 Å². The molecule has 0 saturated carbocycles. The van der Waals surface area contributed by atoms with E-state index in [0.29, 0.717) is 17.4 Å². The molecule has 0 unspecified atom stereocenters. The molecule has 0 heterocycles. The van der Waals surface area contributed by atoms with Crippen LogP contribution in [-0.2, 0) is 20.7 Å². The lowest BCUT2D eigenvalue weighted by atomic mass is 10.1. The molecule has 2 aromatic rings. The Balaban J connectivity index is 1.63. The van der Waals surface area contributed by atoms with Crippen LogP contribution in [0.25, 0.3) is 0 Å². The highest BCUT2D eigenvalue weighted by molar-refractivity contribution is 9.10. The fourth-order valence-electron chi connectivity index (χ4n) is 1.96. The summed E-state index contributed by atoms with van der Waals surface area (Å²) >= 11 is 3.12. The number of nitrogens with one attached hydrogen (secondary N) is 1. The fraction of sp³-hybridized carbons (Fsp3) is 0.222. The van der Waals surface area contributed by atoms with Crippen molar-refractivity contribution in [3.8, 4) is 5.75 Å². The number of esters is 1. The lowest BCUT2D eigenvalue weighted by molar-refractivity contribution is -0.150. The molecule has 0 saturated heterocycles. The van der Waals surface area contributed by atoms with Gasteiger partial charge in [0.1, 0.15) is 0 Å². The van der Waals surface area contributed by atoms with Crippen LogP contribution in [0.5, 0.6) is 5.75 Å². The first-order chi connectivity index (χ1) is 12.0. The minimum absolute atomic E-state index is 0.0625. The predicted octanol–water partition coefficient (Wildman–Crippen LogP) is 2.87. The van der Waals surface area contributed by atoms with Gasteiger partial charge in [-0.05, 0) is 30.2 Å². The second kappa shape index (κ2) is 9.78. The van der Waals surface area contributed by atoms with E-state index in [-0.39, 0.29) is 5.75 Å². The van der Waals surface area contributed by atoms with E-state index in [1.807, 2.05) is 30.3 Å². The number of ether oxygens (including phenoxy) is 2. The van der Waals surface area contributed by atoms with E-state index in [0.717, 1.165) is 5.56 Å². The standard InChI is InChI=1S/C18H17BrFNO4/c19-14-6-7-16(15(20)10-14)24-12-18(23)25-11-17(22)21-9-8-13-4-2-1-3-5-13/h1-7,10H,8-9,11-12H2,(H,21,22). The Morgan fingerprint density at radius 3 is 2.56 bits per heavy atom. The van der Waals surface area contributed by atoms with E-state index in [4.69, 9.17) is 9.47 Å². The summed E-state index contributed by atoms with van der Waals surface area (Å²) in [5.41, 5.74) is 1.10. The van der Waals surface area contributed by atoms with Crippen molar-refractivity contribution in [1.29, 1.82) is 0 Å². The summed E-state index contributed by atoms with van der Waals surface area (Å²) in [5, 5.41) is 2.65. The third kappa shape index (κ3) is 6.93. The lowest BCUT2D eigenvalue weighted by Gasteiger charge is -2.08. The third-order valence-electron chi connectivity index (χ3n) is 3.18. The second-order valence-electron chi connectivity index (χ2n) is 5.11. The largest absolute Gasteiger partial charge is 0.479 e. The molecule has 2 aromatic carbocycles. The van der Waals surface area contributed by atoms with Crippen molar-refractivity contribution in [2.45, 2.75) is 6.42 Å². The number of rotatable bonds is 8. The summed E-state index contributed by atoms with van der Waals surface area (Å²) in [6.45, 7) is -0.434. The maximum Gasteiger partial charge on any atom is 0.344 e. The molecule has 5 nitrogen and oxygen atoms in total. The number of halogens is 2. The lowest BCUT2D eigenvalue weighted by Crippen LogP contribution is -2.31. The third-order valence-corrected chi connectivity index (χ3v) is 3.68. The number of amides is 1. The molecule has 1 N–H and O–H groups in total. The molecule has 0 aromatic heterocycles. The molecule has 25 heavy (non-hydrogen) atoms. The van der Waals surface area contributed by atoms with Crippen LogP contribution in [0.1, 0.15) is 5.56 Å². The van der Waals surface area contributed by atoms with Crippen LogP contribution in [0, 0.1) is 5.82 Å². The van der Waals surface area contributed by atoms with Crippen LogP contribution in [0.15, 0.2) is 53.0 Å². The molecule has 0 aliphatic rings. The molecule has 1 amide bonds. The van der Waals surface area contributed by atoms with E-state index in [9.17, 15) is 14.0 Å². The molecule has 132 valence electrons. The first kappa shape index (κ1) is 18.9. The van der Waals surface area contributed by atoms with Gasteiger partial charge in [0.15, 0.2) is 24.8 Å². The summed E-state index contributed by atoms with van der Waals surface area (Å²) < 4.78 is 23.9. The van der Waals surface area contributed by atoms with Gasteiger partial charge in [0.05, 0.1) is 0 Å². The van der Waals surface area contributed by atoms with Crippen LogP contribution >= 0.6 is 15.9 Å². The Morgan fingerprint density at radius 2 is 1.84 bits per heavy atom. The molecule has 0 spiro atoms. The quantitative estimate of drug-likeness (QED) is 0.680. The second-order valence-corrected chi connectivity index (χ2v) is 6.03. The molecule has 0 aliphatic carbocycles. The summed E-state index contributed by atoms with van der Waals surface area (Å²) in [4.78, 5) is 23.1. The van der Waals surface area contributed by atoms with E-state index in [1.54, 1.807) is 6.07 Å². The Hall–Kier alpha value is -2.41. The highest BCUT2D eigenvalue weighted by Gasteiger charge is 2.10. The van der Waals surface area contributed by atoms with Crippen LogP contribution < -0.4 is 10.1 Å². The SMILES string of the molecule is O=C(COC(=O)COc1ccc(Br)cc1F)NCCc1ccccc1. The van der Waals surface area contributed by atoms with Crippen LogP contribution in [0.3, 0.4) is 0 Å². The number of hydrogen-bond acceptors (Lipinski definition) is 4. The van der Waals surface area contributed by atoms with Crippen LogP contribution in [0.2, 0.25) is 0 Å². The van der Waals surface area contributed by atoms with Gasteiger partial charge in [0, 0.05) is 11.0 Å². The van der Waals surface area contributed by atoms with Crippen LogP contribution in [-0.4, -0.2) is 31.6 Å². The average Bonchev–Trinajstić information content (AvgIpc) is 2.60. The Morgan fingerprint density at radius 1 is 1.08 bits per heavy atom. The number of carbonyl (C=O) groups is 2. The van der Waals surface area contributed by atoms with Crippen molar-refractivity contribution in [2.24, 2.45) is 0 Å². The van der Waals surface area contributed by atoms with E-state index in [2.05, 4.69) is 21.2 Å². The van der Waals surface area contributed by atoms with E-state index < -0.39 is 30.9 Å². The molecule has 0 fully saturated rings. The zero-order valence-electron chi connectivity index (χ0n) is 13.3. The van der Waals surface area contributed by atoms with Gasteiger partial charge < -0.3 is 14.8 Å². The van der Waals surface area contributed by atoms with Crippen molar-refractivity contribution < 1.29 is 23.5 Å². The molecule has 0 aliphatic heterocycles. The summed E-state index contributed by atoms with van der Waals surface area (Å²) in [6.07, 6.45) is 0.687. The van der Waals surface area contributed by atoms with Gasteiger partial charge in [-0.3, -0.25) is 4.79 Å². The van der Waals surface area contributed by atoms with Gasteiger partial charge in [0.2, 0.25) is 0 Å². The van der Waals surface area contributed by atoms with Gasteiger partial charge in [-0.2, -0.15) is 0 Å². The van der Waals surface area contributed by atoms with Gasteiger partial charge in [-0.25, -0.2) is 9.18 Å². The molecule has 0 radical (unpaired) electrons. The Labute approximate surface area is 153 Å². The maximum absolute atomic E-state index is 13.5. The van der Waals surface area contributed by atoms with Crippen molar-refractivity contribution in [2.75, 3.05) is 19.8 Å². The Kier molecular flexibility index (Phi) is 7.40. The summed E-state index contributed by atoms with van der Waals surface area (Å²) in [5.74, 6) is -1.81. The summed E-state index contributed by atoms with van der Waals surface area (Å²) in [6, 6.07) is 13.9. The minimum Gasteiger partial charge on any atom is -0.479 e. The van der Waals surface area contributed by atoms with Gasteiger partial charge in [-0.1, -0.05) is 46.3 Å². The first-order valence-electron chi connectivity index (χ1n) is 7.58. The monoisotopic (exact) mass is 409 g/mol. The average molecular weight is 410 g/mol. The zero-order chi connectivity index (χ0) is 18.1. The van der Waals surface area contributed by atoms with Gasteiger partial charge in [0.25, 0.3) is 5.91 Å². The van der Waals surface area contributed by atoms with Crippen LogP contribution in [0.4, 0.5) is 4.39 Å². The number of benzene rings is 2. The number of carbonyl (C=O) groups excluding carboxylic acids is 2. The normalized spacial score (nSPS) is 10.2. The molecular formula is C18H17BrFNO4. The van der Waals surface area contributed by atoms with Crippen molar-refractivity contribution >= 4 is 27.8 Å². The number of hydrogen-bond donors (Lipinski definition) is 1. The molecule has 2 rings (SSSR count). The molecule has 0 atom stereocenters. The highest BCUT2D eigenvalue weighted by Crippen LogP contribution is 2.21. The maximum atomic E-state index is 13.5. The van der Waals surface area contributed by atoms with Crippen molar-refractivity contribution in [3.05, 3.63) is 64.4 Å². The van der Waals surface area contributed by atoms with E-state index >= 15 is 0 Å². The van der Waals surface area contributed by atoms with E-state index in [1.165, 1.54) is 12.1 Å². The molecular weight excluding hydrogens is 393 g/mol. The topological polar surface area (TPSA) is 64.6 Å². The summed E-state index contributed by atoms with van der Waals surface area (Å²) in [7, 11) is 0. The van der Waals surface area contributed by atoms with Crippen molar-refractivity contribution in [1.82, 2.24) is 5.32 Å². The zero-order valence-corrected chi connectivity index (χ0v) is 14.9. The fourth-order valence-corrected chi connectivity index (χ4v) is 2.29.